The highest BCUT2D eigenvalue weighted by Gasteiger charge is 2.25. The zero-order valence-electron chi connectivity index (χ0n) is 12.4. The molecule has 2 N–H and O–H groups in total. The van der Waals surface area contributed by atoms with E-state index in [1.165, 1.54) is 5.56 Å². The molecule has 19 heavy (non-hydrogen) atoms. The van der Waals surface area contributed by atoms with Crippen LogP contribution in [0.3, 0.4) is 0 Å². The van der Waals surface area contributed by atoms with Crippen molar-refractivity contribution in [1.29, 1.82) is 0 Å². The number of hydrogen-bond acceptors (Lipinski definition) is 2. The Bertz CT molecular complexity index is 428. The summed E-state index contributed by atoms with van der Waals surface area (Å²) in [5.74, 6) is 0. The highest BCUT2D eigenvalue weighted by molar-refractivity contribution is 5.21. The molecule has 0 bridgehead atoms. The third kappa shape index (κ3) is 3.46. The van der Waals surface area contributed by atoms with Crippen LogP contribution in [0.2, 0.25) is 0 Å². The Kier molecular flexibility index (Phi) is 4.43. The fourth-order valence-corrected chi connectivity index (χ4v) is 2.82. The smallest absolute Gasteiger partial charge is 0.0473 e. The van der Waals surface area contributed by atoms with Crippen LogP contribution >= 0.6 is 0 Å². The Morgan fingerprint density at radius 3 is 2.37 bits per heavy atom. The van der Waals surface area contributed by atoms with Crippen LogP contribution in [0.25, 0.3) is 0 Å². The summed E-state index contributed by atoms with van der Waals surface area (Å²) in [6.07, 6.45) is 3.56. The molecule has 0 spiro atoms. The highest BCUT2D eigenvalue weighted by Crippen LogP contribution is 2.32. The van der Waals surface area contributed by atoms with Gasteiger partial charge >= 0.3 is 0 Å². The quantitative estimate of drug-likeness (QED) is 0.842. The molecular weight excluding hydrogens is 232 g/mol. The minimum absolute atomic E-state index is 0.303. The summed E-state index contributed by atoms with van der Waals surface area (Å²) in [7, 11) is 0. The Hall–Kier alpha value is -1.12. The summed E-state index contributed by atoms with van der Waals surface area (Å²) >= 11 is 0. The van der Waals surface area contributed by atoms with Gasteiger partial charge in [0.2, 0.25) is 0 Å². The largest absolute Gasteiger partial charge is 0.329 e. The van der Waals surface area contributed by atoms with Gasteiger partial charge in [-0.2, -0.15) is 0 Å². The van der Waals surface area contributed by atoms with E-state index >= 15 is 0 Å². The Morgan fingerprint density at radius 1 is 1.21 bits per heavy atom. The average Bonchev–Trinajstić information content (AvgIpc) is 2.40. The number of hydrogen-bond donors (Lipinski definition) is 1. The molecular formula is C17H26N2. The topological polar surface area (TPSA) is 29.3 Å². The van der Waals surface area contributed by atoms with Crippen LogP contribution in [0.15, 0.2) is 42.0 Å². The molecule has 1 aliphatic rings. The zero-order chi connectivity index (χ0) is 13.9. The van der Waals surface area contributed by atoms with Gasteiger partial charge in [0.25, 0.3) is 0 Å². The lowest BCUT2D eigenvalue weighted by atomic mass is 9.82. The Morgan fingerprint density at radius 2 is 1.89 bits per heavy atom. The second-order valence-electron chi connectivity index (χ2n) is 6.39. The fourth-order valence-electron chi connectivity index (χ4n) is 2.82. The van der Waals surface area contributed by atoms with Crippen molar-refractivity contribution >= 4 is 0 Å². The minimum Gasteiger partial charge on any atom is -0.329 e. The van der Waals surface area contributed by atoms with Gasteiger partial charge in [-0.3, -0.25) is 4.90 Å². The molecule has 0 aromatic heterocycles. The van der Waals surface area contributed by atoms with E-state index in [4.69, 9.17) is 5.73 Å². The van der Waals surface area contributed by atoms with Gasteiger partial charge in [-0.15, -0.1) is 0 Å². The molecule has 1 aromatic carbocycles. The summed E-state index contributed by atoms with van der Waals surface area (Å²) < 4.78 is 0. The monoisotopic (exact) mass is 258 g/mol. The lowest BCUT2D eigenvalue weighted by Gasteiger charge is -2.36. The van der Waals surface area contributed by atoms with Crippen molar-refractivity contribution in [3.8, 4) is 0 Å². The number of benzene rings is 1. The van der Waals surface area contributed by atoms with Crippen LogP contribution in [-0.4, -0.2) is 24.5 Å². The highest BCUT2D eigenvalue weighted by atomic mass is 15.2. The third-order valence-electron chi connectivity index (χ3n) is 4.05. The summed E-state index contributed by atoms with van der Waals surface area (Å²) in [5.41, 5.74) is 9.20. The van der Waals surface area contributed by atoms with E-state index in [1.807, 2.05) is 0 Å². The first-order valence-electron chi connectivity index (χ1n) is 7.21. The first-order valence-corrected chi connectivity index (χ1v) is 7.21. The molecule has 1 heterocycles. The van der Waals surface area contributed by atoms with Gasteiger partial charge in [0, 0.05) is 25.7 Å². The van der Waals surface area contributed by atoms with Crippen molar-refractivity contribution in [1.82, 2.24) is 4.90 Å². The zero-order valence-corrected chi connectivity index (χ0v) is 12.4. The van der Waals surface area contributed by atoms with Crippen LogP contribution < -0.4 is 5.73 Å². The van der Waals surface area contributed by atoms with Gasteiger partial charge in [-0.25, -0.2) is 0 Å². The Balaban J connectivity index is 2.10. The minimum atomic E-state index is 0.303. The van der Waals surface area contributed by atoms with E-state index in [0.29, 0.717) is 18.0 Å². The maximum atomic E-state index is 5.99. The molecule has 0 radical (unpaired) electrons. The van der Waals surface area contributed by atoms with Crippen LogP contribution in [0, 0.1) is 5.41 Å². The van der Waals surface area contributed by atoms with Crippen molar-refractivity contribution in [2.24, 2.45) is 11.1 Å². The maximum Gasteiger partial charge on any atom is 0.0473 e. The summed E-state index contributed by atoms with van der Waals surface area (Å²) in [6, 6.07) is 11.0. The van der Waals surface area contributed by atoms with Crippen LogP contribution in [0.5, 0.6) is 0 Å². The van der Waals surface area contributed by atoms with E-state index < -0.39 is 0 Å². The van der Waals surface area contributed by atoms with Gasteiger partial charge in [-0.05, 0) is 17.4 Å². The fraction of sp³-hybridized carbons (Fsp3) is 0.529. The van der Waals surface area contributed by atoms with Gasteiger partial charge in [0.05, 0.1) is 0 Å². The molecule has 0 amide bonds. The first kappa shape index (κ1) is 14.3. The number of rotatable bonds is 3. The molecule has 1 aliphatic heterocycles. The molecule has 1 atom stereocenters. The summed E-state index contributed by atoms with van der Waals surface area (Å²) in [5, 5.41) is 0. The predicted molar refractivity (Wildman–Crippen MR) is 82.0 cm³/mol. The van der Waals surface area contributed by atoms with Crippen molar-refractivity contribution in [2.45, 2.75) is 33.2 Å². The average molecular weight is 258 g/mol. The van der Waals surface area contributed by atoms with Crippen molar-refractivity contribution in [3.63, 3.8) is 0 Å². The predicted octanol–water partition coefficient (Wildman–Crippen LogP) is 3.36. The maximum absolute atomic E-state index is 5.99. The molecule has 104 valence electrons. The molecule has 2 rings (SSSR count). The van der Waals surface area contributed by atoms with E-state index in [0.717, 1.165) is 19.5 Å². The molecule has 1 unspecified atom stereocenters. The van der Waals surface area contributed by atoms with Gasteiger partial charge < -0.3 is 5.73 Å². The van der Waals surface area contributed by atoms with E-state index in [2.05, 4.69) is 62.1 Å². The first-order chi connectivity index (χ1) is 9.02. The molecule has 0 saturated heterocycles. The molecule has 0 aliphatic carbocycles. The van der Waals surface area contributed by atoms with Gasteiger partial charge in [0.1, 0.15) is 0 Å². The SMILES string of the molecule is CC(C)(C)C1=CCN(C(CN)c2ccccc2)CC1. The second kappa shape index (κ2) is 5.89. The van der Waals surface area contributed by atoms with Crippen molar-refractivity contribution < 1.29 is 0 Å². The molecule has 2 nitrogen and oxygen atoms in total. The van der Waals surface area contributed by atoms with Crippen LogP contribution in [0.1, 0.15) is 38.8 Å². The van der Waals surface area contributed by atoms with Crippen LogP contribution in [-0.2, 0) is 0 Å². The van der Waals surface area contributed by atoms with Crippen molar-refractivity contribution in [3.05, 3.63) is 47.5 Å². The normalized spacial score (nSPS) is 19.1. The molecule has 1 aromatic rings. The van der Waals surface area contributed by atoms with Gasteiger partial charge in [0.15, 0.2) is 0 Å². The molecule has 2 heteroatoms. The van der Waals surface area contributed by atoms with E-state index in [-0.39, 0.29) is 0 Å². The Labute approximate surface area is 117 Å². The van der Waals surface area contributed by atoms with E-state index in [1.54, 1.807) is 5.57 Å². The van der Waals surface area contributed by atoms with E-state index in [9.17, 15) is 0 Å². The van der Waals surface area contributed by atoms with Gasteiger partial charge in [-0.1, -0.05) is 62.8 Å². The summed E-state index contributed by atoms with van der Waals surface area (Å²) in [6.45, 7) is 9.70. The number of nitrogens with two attached hydrogens (primary N) is 1. The number of nitrogens with zero attached hydrogens (tertiary/aromatic N) is 1. The summed E-state index contributed by atoms with van der Waals surface area (Å²) in [4.78, 5) is 2.49. The van der Waals surface area contributed by atoms with Crippen LogP contribution in [0.4, 0.5) is 0 Å². The lowest BCUT2D eigenvalue weighted by molar-refractivity contribution is 0.209. The standard InChI is InChI=1S/C17H26N2/c1-17(2,3)15-9-11-19(12-10-15)16(13-18)14-7-5-4-6-8-14/h4-9,16H,10-13,18H2,1-3H3. The van der Waals surface area contributed by atoms with Crippen molar-refractivity contribution in [2.75, 3.05) is 19.6 Å². The molecule has 0 fully saturated rings. The second-order valence-corrected chi connectivity index (χ2v) is 6.39. The third-order valence-corrected chi connectivity index (χ3v) is 4.05. The molecule has 0 saturated carbocycles. The lowest BCUT2D eigenvalue weighted by Crippen LogP contribution is -2.38.